The van der Waals surface area contributed by atoms with E-state index in [1.54, 1.807) is 48.5 Å². The van der Waals surface area contributed by atoms with Crippen LogP contribution in [0.2, 0.25) is 0 Å². The number of aliphatic hydroxyl groups excluding tert-OH is 2. The predicted molar refractivity (Wildman–Crippen MR) is 94.8 cm³/mol. The summed E-state index contributed by atoms with van der Waals surface area (Å²) in [6.07, 6.45) is 1.69. The fourth-order valence-electron chi connectivity index (χ4n) is 1.27. The summed E-state index contributed by atoms with van der Waals surface area (Å²) >= 11 is 0. The van der Waals surface area contributed by atoms with Gasteiger partial charge in [-0.05, 0) is 48.0 Å². The molecule has 0 bridgehead atoms. The van der Waals surface area contributed by atoms with E-state index >= 15 is 0 Å². The van der Waals surface area contributed by atoms with Crippen molar-refractivity contribution < 1.29 is 10.2 Å². The molecular formula is C16H24N4O2. The summed E-state index contributed by atoms with van der Waals surface area (Å²) in [5, 5.41) is 15.2. The normalized spacial score (nSPS) is 8.82. The molecule has 10 N–H and O–H groups in total. The van der Waals surface area contributed by atoms with Gasteiger partial charge in [0.25, 0.3) is 0 Å². The van der Waals surface area contributed by atoms with E-state index in [4.69, 9.17) is 33.1 Å². The van der Waals surface area contributed by atoms with E-state index in [1.807, 2.05) is 0 Å². The molecule has 2 aromatic carbocycles. The van der Waals surface area contributed by atoms with Crippen molar-refractivity contribution in [2.45, 2.75) is 0 Å². The van der Waals surface area contributed by atoms with Crippen LogP contribution in [0.25, 0.3) is 6.08 Å². The molecule has 2 aromatic rings. The molecule has 0 saturated heterocycles. The van der Waals surface area contributed by atoms with Gasteiger partial charge in [-0.1, -0.05) is 12.7 Å². The van der Waals surface area contributed by atoms with E-state index in [9.17, 15) is 0 Å². The maximum absolute atomic E-state index is 7.62. The fraction of sp³-hybridized carbons (Fsp3) is 0.125. The second kappa shape index (κ2) is 11.0. The minimum absolute atomic E-state index is 0.125. The van der Waals surface area contributed by atoms with Crippen LogP contribution in [0.3, 0.4) is 0 Å². The maximum atomic E-state index is 7.62. The first-order chi connectivity index (χ1) is 10.4. The maximum Gasteiger partial charge on any atom is 0.0662 e. The Morgan fingerprint density at radius 3 is 1.50 bits per heavy atom. The Hall–Kier alpha value is -2.70. The van der Waals surface area contributed by atoms with E-state index in [0.29, 0.717) is 11.4 Å². The topological polar surface area (TPSA) is 145 Å². The van der Waals surface area contributed by atoms with Gasteiger partial charge < -0.3 is 33.1 Å². The van der Waals surface area contributed by atoms with E-state index in [2.05, 4.69) is 6.58 Å². The Bertz CT molecular complexity index is 534. The largest absolute Gasteiger partial charge is 0.399 e. The van der Waals surface area contributed by atoms with Gasteiger partial charge in [0.2, 0.25) is 0 Å². The van der Waals surface area contributed by atoms with Gasteiger partial charge in [0.1, 0.15) is 0 Å². The molecule has 0 aliphatic heterocycles. The molecular weight excluding hydrogens is 280 g/mol. The minimum Gasteiger partial charge on any atom is -0.399 e. The van der Waals surface area contributed by atoms with Crippen LogP contribution in [-0.2, 0) is 0 Å². The Morgan fingerprint density at radius 1 is 0.773 bits per heavy atom. The third kappa shape index (κ3) is 8.47. The highest BCUT2D eigenvalue weighted by Gasteiger charge is 1.92. The lowest BCUT2D eigenvalue weighted by Gasteiger charge is -1.99. The molecule has 0 aromatic heterocycles. The van der Waals surface area contributed by atoms with Crippen molar-refractivity contribution in [3.63, 3.8) is 0 Å². The van der Waals surface area contributed by atoms with Gasteiger partial charge in [-0.3, -0.25) is 0 Å². The standard InChI is InChI=1S/C8H10N2.C6H8N2.C2H6O2/c1-2-6-5-7(9)3-4-8(6)10;7-5-1-2-6(8)4-3-5;3-1-2-4/h2-5H,1,9-10H2;1-4H,7-8H2;3-4H,1-2H2. The molecule has 0 unspecified atom stereocenters. The number of anilines is 4. The van der Waals surface area contributed by atoms with Crippen molar-refractivity contribution in [3.05, 3.63) is 54.6 Å². The molecule has 22 heavy (non-hydrogen) atoms. The van der Waals surface area contributed by atoms with Crippen LogP contribution >= 0.6 is 0 Å². The second-order valence-corrected chi connectivity index (χ2v) is 4.21. The molecule has 0 heterocycles. The van der Waals surface area contributed by atoms with Gasteiger partial charge in [0.05, 0.1) is 13.2 Å². The van der Waals surface area contributed by atoms with Crippen LogP contribution in [0, 0.1) is 0 Å². The van der Waals surface area contributed by atoms with Gasteiger partial charge in [-0.15, -0.1) is 0 Å². The van der Waals surface area contributed by atoms with E-state index < -0.39 is 0 Å². The summed E-state index contributed by atoms with van der Waals surface area (Å²) in [5.74, 6) is 0. The summed E-state index contributed by atoms with van der Waals surface area (Å²) in [7, 11) is 0. The summed E-state index contributed by atoms with van der Waals surface area (Å²) in [5.41, 5.74) is 25.6. The van der Waals surface area contributed by atoms with Crippen LogP contribution in [0.5, 0.6) is 0 Å². The van der Waals surface area contributed by atoms with Gasteiger partial charge in [0, 0.05) is 22.7 Å². The van der Waals surface area contributed by atoms with Gasteiger partial charge in [-0.2, -0.15) is 0 Å². The molecule has 6 nitrogen and oxygen atoms in total. The lowest BCUT2D eigenvalue weighted by molar-refractivity contribution is 0.186. The zero-order chi connectivity index (χ0) is 17.0. The number of hydrogen-bond donors (Lipinski definition) is 6. The van der Waals surface area contributed by atoms with Crippen LogP contribution in [-0.4, -0.2) is 23.4 Å². The van der Waals surface area contributed by atoms with Crippen molar-refractivity contribution in [2.24, 2.45) is 0 Å². The number of nitrogens with two attached hydrogens (primary N) is 4. The third-order valence-corrected chi connectivity index (χ3v) is 2.37. The molecule has 0 fully saturated rings. The van der Waals surface area contributed by atoms with Crippen molar-refractivity contribution >= 4 is 28.8 Å². The lowest BCUT2D eigenvalue weighted by atomic mass is 10.1. The molecule has 120 valence electrons. The zero-order valence-electron chi connectivity index (χ0n) is 12.4. The number of hydrogen-bond acceptors (Lipinski definition) is 6. The lowest BCUT2D eigenvalue weighted by Crippen LogP contribution is -1.91. The third-order valence-electron chi connectivity index (χ3n) is 2.37. The highest BCUT2D eigenvalue weighted by atomic mass is 16.3. The highest BCUT2D eigenvalue weighted by molar-refractivity contribution is 5.67. The average molecular weight is 304 g/mol. The first-order valence-corrected chi connectivity index (χ1v) is 6.54. The van der Waals surface area contributed by atoms with Crippen molar-refractivity contribution in [1.82, 2.24) is 0 Å². The molecule has 2 rings (SSSR count). The molecule has 0 atom stereocenters. The molecule has 0 radical (unpaired) electrons. The Labute approximate surface area is 130 Å². The monoisotopic (exact) mass is 304 g/mol. The predicted octanol–water partition coefficient (Wildman–Crippen LogP) is 1.32. The first kappa shape index (κ1) is 19.3. The summed E-state index contributed by atoms with van der Waals surface area (Å²) in [6.45, 7) is 3.35. The Kier molecular flexibility index (Phi) is 9.66. The molecule has 0 aliphatic rings. The number of rotatable bonds is 2. The van der Waals surface area contributed by atoms with Crippen molar-refractivity contribution in [1.29, 1.82) is 0 Å². The Balaban J connectivity index is 0.000000330. The summed E-state index contributed by atoms with van der Waals surface area (Å²) in [6, 6.07) is 12.4. The smallest absolute Gasteiger partial charge is 0.0662 e. The minimum atomic E-state index is -0.125. The number of benzene rings is 2. The fourth-order valence-corrected chi connectivity index (χ4v) is 1.27. The van der Waals surface area contributed by atoms with Gasteiger partial charge >= 0.3 is 0 Å². The molecule has 6 heteroatoms. The number of nitrogen functional groups attached to an aromatic ring is 4. The summed E-state index contributed by atoms with van der Waals surface area (Å²) in [4.78, 5) is 0. The van der Waals surface area contributed by atoms with Crippen LogP contribution < -0.4 is 22.9 Å². The van der Waals surface area contributed by atoms with Gasteiger partial charge in [0.15, 0.2) is 0 Å². The molecule has 0 amide bonds. The van der Waals surface area contributed by atoms with Crippen molar-refractivity contribution in [2.75, 3.05) is 36.1 Å². The Morgan fingerprint density at radius 2 is 1.18 bits per heavy atom. The van der Waals surface area contributed by atoms with Crippen LogP contribution in [0.4, 0.5) is 22.7 Å². The summed E-state index contributed by atoms with van der Waals surface area (Å²) < 4.78 is 0. The van der Waals surface area contributed by atoms with Crippen LogP contribution in [0.15, 0.2) is 49.0 Å². The zero-order valence-corrected chi connectivity index (χ0v) is 12.4. The second-order valence-electron chi connectivity index (χ2n) is 4.21. The van der Waals surface area contributed by atoms with Gasteiger partial charge in [-0.25, -0.2) is 0 Å². The first-order valence-electron chi connectivity index (χ1n) is 6.54. The average Bonchev–Trinajstić information content (AvgIpc) is 2.53. The van der Waals surface area contributed by atoms with E-state index in [-0.39, 0.29) is 13.2 Å². The van der Waals surface area contributed by atoms with Crippen molar-refractivity contribution in [3.8, 4) is 0 Å². The highest BCUT2D eigenvalue weighted by Crippen LogP contribution is 2.15. The number of aliphatic hydroxyl groups is 2. The SMILES string of the molecule is C=Cc1cc(N)ccc1N.Nc1ccc(N)cc1.OCCO. The molecule has 0 saturated carbocycles. The van der Waals surface area contributed by atoms with Crippen LogP contribution in [0.1, 0.15) is 5.56 Å². The quantitative estimate of drug-likeness (QED) is 0.461. The van der Waals surface area contributed by atoms with E-state index in [0.717, 1.165) is 16.9 Å². The van der Waals surface area contributed by atoms with E-state index in [1.165, 1.54) is 0 Å². The molecule has 0 aliphatic carbocycles. The molecule has 0 spiro atoms.